The van der Waals surface area contributed by atoms with E-state index in [0.29, 0.717) is 12.2 Å². The van der Waals surface area contributed by atoms with Crippen molar-refractivity contribution < 1.29 is 13.2 Å². The minimum absolute atomic E-state index is 0.0202. The number of thioether (sulfide) groups is 1. The van der Waals surface area contributed by atoms with Crippen LogP contribution in [0.1, 0.15) is 6.92 Å². The van der Waals surface area contributed by atoms with Crippen molar-refractivity contribution in [3.63, 3.8) is 0 Å². The molecule has 11 heteroatoms. The summed E-state index contributed by atoms with van der Waals surface area (Å²) in [4.78, 5) is 25.2. The second-order valence-corrected chi connectivity index (χ2v) is 10.2. The van der Waals surface area contributed by atoms with Gasteiger partial charge in [-0.2, -0.15) is 0 Å². The van der Waals surface area contributed by atoms with Crippen LogP contribution in [0, 0.1) is 0 Å². The normalized spacial score (nSPS) is 12.3. The number of fused-ring (bicyclic) bond motifs is 1. The first-order valence-electron chi connectivity index (χ1n) is 10.3. The van der Waals surface area contributed by atoms with Gasteiger partial charge in [-0.05, 0) is 49.4 Å². The topological polar surface area (TPSA) is 119 Å². The molecule has 0 saturated heterocycles. The monoisotopic (exact) mass is 494 g/mol. The van der Waals surface area contributed by atoms with Gasteiger partial charge in [-0.25, -0.2) is 28.1 Å². The quantitative estimate of drug-likeness (QED) is 0.267. The van der Waals surface area contributed by atoms with Gasteiger partial charge in [0.25, 0.3) is 10.0 Å². The lowest BCUT2D eigenvalue weighted by Crippen LogP contribution is -2.23. The van der Waals surface area contributed by atoms with E-state index in [1.54, 1.807) is 19.1 Å². The third-order valence-corrected chi connectivity index (χ3v) is 7.24. The molecule has 1 atom stereocenters. The Morgan fingerprint density at radius 1 is 1.12 bits per heavy atom. The number of imidazole rings is 1. The molecular weight excluding hydrogens is 472 g/mol. The van der Waals surface area contributed by atoms with Crippen LogP contribution >= 0.6 is 11.8 Å². The maximum Gasteiger partial charge on any atom is 0.264 e. The predicted molar refractivity (Wildman–Crippen MR) is 133 cm³/mol. The van der Waals surface area contributed by atoms with E-state index in [9.17, 15) is 13.2 Å². The molecule has 0 aliphatic rings. The molecule has 4 rings (SSSR count). The average Bonchev–Trinajstić information content (AvgIpc) is 3.17. The Hall–Kier alpha value is -3.70. The van der Waals surface area contributed by atoms with Crippen LogP contribution in [0.5, 0.6) is 0 Å². The van der Waals surface area contributed by atoms with Crippen LogP contribution in [-0.4, -0.2) is 39.1 Å². The standard InChI is InChI=1S/C23H22N6O3S2/c1-3-15-29-20-8-5-4-7-19(20)27-23(29)33-16(2)21(30)26-17-9-11-18(12-10-17)34(31,32)28-22-24-13-6-14-25-22/h3-14,16H,1,15H2,2H3,(H,26,30)(H,24,25,28). The zero-order valence-electron chi connectivity index (χ0n) is 18.2. The molecule has 1 amide bonds. The van der Waals surface area contributed by atoms with Crippen LogP contribution in [0.25, 0.3) is 11.0 Å². The van der Waals surface area contributed by atoms with Crippen LogP contribution in [0.15, 0.2) is 89.7 Å². The van der Waals surface area contributed by atoms with Crippen molar-refractivity contribution in [2.24, 2.45) is 0 Å². The third kappa shape index (κ3) is 5.26. The van der Waals surface area contributed by atoms with Crippen molar-refractivity contribution in [1.82, 2.24) is 19.5 Å². The van der Waals surface area contributed by atoms with Gasteiger partial charge in [0.1, 0.15) is 0 Å². The van der Waals surface area contributed by atoms with Gasteiger partial charge in [0.2, 0.25) is 11.9 Å². The number of rotatable bonds is 9. The van der Waals surface area contributed by atoms with Gasteiger partial charge in [0.05, 0.1) is 21.2 Å². The van der Waals surface area contributed by atoms with Gasteiger partial charge >= 0.3 is 0 Å². The first-order valence-corrected chi connectivity index (χ1v) is 12.7. The van der Waals surface area contributed by atoms with E-state index in [4.69, 9.17) is 0 Å². The van der Waals surface area contributed by atoms with Gasteiger partial charge in [-0.1, -0.05) is 30.0 Å². The number of anilines is 2. The summed E-state index contributed by atoms with van der Waals surface area (Å²) in [6.07, 6.45) is 4.67. The molecule has 34 heavy (non-hydrogen) atoms. The van der Waals surface area contributed by atoms with Crippen LogP contribution in [0.2, 0.25) is 0 Å². The Labute approximate surface area is 201 Å². The van der Waals surface area contributed by atoms with Crippen LogP contribution in [0.4, 0.5) is 11.6 Å². The van der Waals surface area contributed by atoms with E-state index >= 15 is 0 Å². The third-order valence-electron chi connectivity index (χ3n) is 4.81. The fourth-order valence-corrected chi connectivity index (χ4v) is 5.04. The van der Waals surface area contributed by atoms with Crippen molar-refractivity contribution in [3.05, 3.63) is 79.6 Å². The summed E-state index contributed by atoms with van der Waals surface area (Å²) < 4.78 is 29.3. The second kappa shape index (κ2) is 10.1. The van der Waals surface area contributed by atoms with Crippen molar-refractivity contribution in [1.29, 1.82) is 0 Å². The van der Waals surface area contributed by atoms with Gasteiger partial charge in [0, 0.05) is 24.6 Å². The highest BCUT2D eigenvalue weighted by atomic mass is 32.2. The summed E-state index contributed by atoms with van der Waals surface area (Å²) in [6, 6.07) is 15.2. The number of hydrogen-bond acceptors (Lipinski definition) is 7. The summed E-state index contributed by atoms with van der Waals surface area (Å²) in [5, 5.41) is 3.10. The zero-order valence-corrected chi connectivity index (χ0v) is 19.9. The number of hydrogen-bond donors (Lipinski definition) is 2. The summed E-state index contributed by atoms with van der Waals surface area (Å²) in [5.74, 6) is -0.248. The Kier molecular flexibility index (Phi) is 6.94. The van der Waals surface area contributed by atoms with E-state index in [1.807, 2.05) is 28.8 Å². The molecular formula is C23H22N6O3S2. The molecule has 174 valence electrons. The predicted octanol–water partition coefficient (Wildman–Crippen LogP) is 3.93. The molecule has 0 spiro atoms. The lowest BCUT2D eigenvalue weighted by molar-refractivity contribution is -0.115. The lowest BCUT2D eigenvalue weighted by Gasteiger charge is -2.13. The number of allylic oxidation sites excluding steroid dienone is 1. The fourth-order valence-electron chi connectivity index (χ4n) is 3.15. The highest BCUT2D eigenvalue weighted by Gasteiger charge is 2.20. The van der Waals surface area contributed by atoms with Crippen molar-refractivity contribution in [3.8, 4) is 0 Å². The Morgan fingerprint density at radius 3 is 2.53 bits per heavy atom. The largest absolute Gasteiger partial charge is 0.325 e. The number of nitrogens with zero attached hydrogens (tertiary/aromatic N) is 4. The number of aromatic nitrogens is 4. The number of nitrogens with one attached hydrogen (secondary N) is 2. The molecule has 0 radical (unpaired) electrons. The molecule has 0 saturated carbocycles. The smallest absolute Gasteiger partial charge is 0.264 e. The number of carbonyl (C=O) groups excluding carboxylic acids is 1. The molecule has 2 aromatic heterocycles. The number of benzene rings is 2. The second-order valence-electron chi connectivity index (χ2n) is 7.23. The molecule has 2 aromatic carbocycles. The van der Waals surface area contributed by atoms with Gasteiger partial charge in [-0.15, -0.1) is 6.58 Å². The number of amides is 1. The highest BCUT2D eigenvalue weighted by molar-refractivity contribution is 8.00. The maximum absolute atomic E-state index is 12.8. The minimum Gasteiger partial charge on any atom is -0.325 e. The molecule has 0 bridgehead atoms. The summed E-state index contributed by atoms with van der Waals surface area (Å²) >= 11 is 1.34. The highest BCUT2D eigenvalue weighted by Crippen LogP contribution is 2.28. The van der Waals surface area contributed by atoms with E-state index in [-0.39, 0.29) is 16.8 Å². The first-order chi connectivity index (χ1) is 16.4. The van der Waals surface area contributed by atoms with Gasteiger partial charge in [0.15, 0.2) is 5.16 Å². The SMILES string of the molecule is C=CCn1c(SC(C)C(=O)Nc2ccc(S(=O)(=O)Nc3ncccn3)cc2)nc2ccccc21. The molecule has 1 unspecified atom stereocenters. The Morgan fingerprint density at radius 2 is 1.82 bits per heavy atom. The van der Waals surface area contributed by atoms with Crippen LogP contribution in [-0.2, 0) is 21.4 Å². The van der Waals surface area contributed by atoms with Crippen LogP contribution < -0.4 is 10.0 Å². The molecule has 9 nitrogen and oxygen atoms in total. The minimum atomic E-state index is -3.85. The first kappa shape index (κ1) is 23.5. The molecule has 2 heterocycles. The van der Waals surface area contributed by atoms with E-state index < -0.39 is 15.3 Å². The molecule has 0 aliphatic carbocycles. The number of carbonyl (C=O) groups is 1. The van der Waals surface area contributed by atoms with Gasteiger partial charge < -0.3 is 9.88 Å². The van der Waals surface area contributed by atoms with E-state index in [2.05, 4.69) is 31.6 Å². The van der Waals surface area contributed by atoms with Crippen molar-refractivity contribution in [2.75, 3.05) is 10.0 Å². The average molecular weight is 495 g/mol. The zero-order chi connectivity index (χ0) is 24.1. The maximum atomic E-state index is 12.8. The number of para-hydroxylation sites is 2. The van der Waals surface area contributed by atoms with Crippen molar-refractivity contribution >= 4 is 50.4 Å². The van der Waals surface area contributed by atoms with E-state index in [1.165, 1.54) is 48.4 Å². The fraction of sp³-hybridized carbons (Fsp3) is 0.130. The van der Waals surface area contributed by atoms with Crippen LogP contribution in [0.3, 0.4) is 0 Å². The Balaban J connectivity index is 1.43. The lowest BCUT2D eigenvalue weighted by atomic mass is 10.3. The molecule has 0 fully saturated rings. The summed E-state index contributed by atoms with van der Waals surface area (Å²) in [5.41, 5.74) is 2.31. The van der Waals surface area contributed by atoms with Crippen molar-refractivity contribution in [2.45, 2.75) is 28.8 Å². The number of sulfonamides is 1. The molecule has 0 aliphatic heterocycles. The molecule has 2 N–H and O–H groups in total. The molecule has 4 aromatic rings. The Bertz CT molecular complexity index is 1420. The van der Waals surface area contributed by atoms with Gasteiger partial charge in [-0.3, -0.25) is 4.79 Å². The van der Waals surface area contributed by atoms with E-state index in [0.717, 1.165) is 16.2 Å². The summed E-state index contributed by atoms with van der Waals surface area (Å²) in [7, 11) is -3.85. The summed E-state index contributed by atoms with van der Waals surface area (Å²) in [6.45, 7) is 6.18.